The molecule has 0 spiro atoms. The molecule has 0 aliphatic carbocycles. The van der Waals surface area contributed by atoms with Gasteiger partial charge in [0.05, 0.1) is 6.07 Å². The lowest BCUT2D eigenvalue weighted by atomic mass is 9.79. The number of benzene rings is 1. The predicted octanol–water partition coefficient (Wildman–Crippen LogP) is 2.89. The highest BCUT2D eigenvalue weighted by atomic mass is 19.1. The van der Waals surface area contributed by atoms with Crippen LogP contribution in [0.1, 0.15) is 29.7 Å². The number of rotatable bonds is 2. The van der Waals surface area contributed by atoms with Gasteiger partial charge < -0.3 is 4.74 Å². The summed E-state index contributed by atoms with van der Waals surface area (Å²) in [5.74, 6) is -3.32. The maximum atomic E-state index is 14.2. The van der Waals surface area contributed by atoms with Crippen LogP contribution in [0.3, 0.4) is 0 Å². The van der Waals surface area contributed by atoms with Gasteiger partial charge in [-0.25, -0.2) is 8.78 Å². The average Bonchev–Trinajstić information content (AvgIpc) is 2.88. The van der Waals surface area contributed by atoms with Crippen molar-refractivity contribution in [2.24, 2.45) is 5.92 Å². The van der Waals surface area contributed by atoms with E-state index in [0.29, 0.717) is 17.7 Å². The molecule has 0 saturated heterocycles. The van der Waals surface area contributed by atoms with Gasteiger partial charge in [-0.05, 0) is 18.1 Å². The highest BCUT2D eigenvalue weighted by molar-refractivity contribution is 5.84. The van der Waals surface area contributed by atoms with E-state index in [9.17, 15) is 14.0 Å². The number of nitrogens with zero attached hydrogens (tertiary/aromatic N) is 2. The van der Waals surface area contributed by atoms with Gasteiger partial charge in [0.25, 0.3) is 0 Å². The second-order valence-corrected chi connectivity index (χ2v) is 4.99. The van der Waals surface area contributed by atoms with Gasteiger partial charge in [-0.2, -0.15) is 5.26 Å². The molecule has 112 valence electrons. The Kier molecular flexibility index (Phi) is 3.37. The minimum atomic E-state index is -0.990. The second kappa shape index (κ2) is 5.22. The van der Waals surface area contributed by atoms with Crippen LogP contribution in [0.25, 0.3) is 0 Å². The Morgan fingerprint density at radius 1 is 1.45 bits per heavy atom. The molecule has 3 rings (SSSR count). The molecule has 5 nitrogen and oxygen atoms in total. The number of hydrogen-bond donors (Lipinski definition) is 2. The third-order valence-corrected chi connectivity index (χ3v) is 3.77. The number of aromatic amines is 1. The summed E-state index contributed by atoms with van der Waals surface area (Å²) in [4.78, 5) is 0. The summed E-state index contributed by atoms with van der Waals surface area (Å²) in [5.41, 5.74) is 1.41. The Bertz CT molecular complexity index is 793. The van der Waals surface area contributed by atoms with Gasteiger partial charge in [-0.1, -0.05) is 13.0 Å². The Morgan fingerprint density at radius 2 is 2.23 bits per heavy atom. The van der Waals surface area contributed by atoms with E-state index in [1.165, 1.54) is 6.07 Å². The fraction of sp³-hybridized carbons (Fsp3) is 0.267. The number of ether oxygens (including phenoxy) is 1. The monoisotopic (exact) mass is 302 g/mol. The Labute approximate surface area is 125 Å². The number of nitrogens with one attached hydrogen (secondary N) is 2. The third kappa shape index (κ3) is 2.04. The largest absolute Gasteiger partial charge is 0.422 e. The van der Waals surface area contributed by atoms with Gasteiger partial charge >= 0.3 is 0 Å². The van der Waals surface area contributed by atoms with Crippen molar-refractivity contribution in [1.29, 1.82) is 10.7 Å². The summed E-state index contributed by atoms with van der Waals surface area (Å²) in [6.45, 7) is 1.88. The molecule has 2 unspecified atom stereocenters. The smallest absolute Gasteiger partial charge is 0.243 e. The minimum Gasteiger partial charge on any atom is -0.422 e. The number of fused-ring (bicyclic) bond motifs is 1. The summed E-state index contributed by atoms with van der Waals surface area (Å²) >= 11 is 0. The van der Waals surface area contributed by atoms with Crippen LogP contribution in [0.15, 0.2) is 18.2 Å². The van der Waals surface area contributed by atoms with Gasteiger partial charge in [0, 0.05) is 23.2 Å². The molecule has 0 radical (unpaired) electrons. The van der Waals surface area contributed by atoms with E-state index in [1.807, 2.05) is 13.0 Å². The standard InChI is InChI=1S/C15H12F2N4O/c1-2-11-13-12(8-4-3-7(16)5-10(8)17)9(6-18)14(19)22-15(13)21-20-11/h3-5,9,12,19H,2H2,1H3,(H,20,21). The lowest BCUT2D eigenvalue weighted by Gasteiger charge is -2.28. The molecule has 1 aliphatic heterocycles. The number of H-pyrrole nitrogens is 1. The maximum absolute atomic E-state index is 14.2. The summed E-state index contributed by atoms with van der Waals surface area (Å²) < 4.78 is 32.6. The van der Waals surface area contributed by atoms with E-state index < -0.39 is 23.5 Å². The molecule has 0 amide bonds. The van der Waals surface area contributed by atoms with E-state index in [0.717, 1.165) is 12.1 Å². The van der Waals surface area contributed by atoms with Gasteiger partial charge in [0.2, 0.25) is 11.8 Å². The fourth-order valence-electron chi connectivity index (χ4n) is 2.74. The first-order valence-corrected chi connectivity index (χ1v) is 6.74. The Hall–Kier alpha value is -2.75. The normalized spacial score (nSPS) is 20.2. The van der Waals surface area contributed by atoms with Gasteiger partial charge in [0.1, 0.15) is 17.6 Å². The van der Waals surface area contributed by atoms with Crippen molar-refractivity contribution in [2.75, 3.05) is 0 Å². The van der Waals surface area contributed by atoms with Gasteiger partial charge in [-0.3, -0.25) is 10.5 Å². The van der Waals surface area contributed by atoms with Gasteiger partial charge in [-0.15, -0.1) is 5.10 Å². The first-order chi connectivity index (χ1) is 10.6. The molecule has 2 N–H and O–H groups in total. The molecule has 0 bridgehead atoms. The van der Waals surface area contributed by atoms with Crippen LogP contribution in [0.5, 0.6) is 5.88 Å². The molecule has 1 aromatic carbocycles. The topological polar surface area (TPSA) is 85.5 Å². The lowest BCUT2D eigenvalue weighted by Crippen LogP contribution is -2.31. The van der Waals surface area contributed by atoms with Crippen LogP contribution in [-0.4, -0.2) is 16.1 Å². The van der Waals surface area contributed by atoms with Crippen molar-refractivity contribution < 1.29 is 13.5 Å². The number of aryl methyl sites for hydroxylation is 1. The zero-order chi connectivity index (χ0) is 15.9. The molecule has 2 heterocycles. The van der Waals surface area contributed by atoms with E-state index in [2.05, 4.69) is 10.2 Å². The fourth-order valence-corrected chi connectivity index (χ4v) is 2.74. The molecule has 22 heavy (non-hydrogen) atoms. The molecule has 2 aromatic rings. The van der Waals surface area contributed by atoms with Crippen LogP contribution < -0.4 is 4.74 Å². The highest BCUT2D eigenvalue weighted by Gasteiger charge is 2.41. The molecular formula is C15H12F2N4O. The Balaban J connectivity index is 2.24. The summed E-state index contributed by atoms with van der Waals surface area (Å²) in [6.07, 6.45) is 0.580. The van der Waals surface area contributed by atoms with Crippen molar-refractivity contribution in [1.82, 2.24) is 10.2 Å². The third-order valence-electron chi connectivity index (χ3n) is 3.77. The zero-order valence-corrected chi connectivity index (χ0v) is 11.7. The molecule has 1 aromatic heterocycles. The van der Waals surface area contributed by atoms with Crippen molar-refractivity contribution in [2.45, 2.75) is 19.3 Å². The highest BCUT2D eigenvalue weighted by Crippen LogP contribution is 2.43. The number of hydrogen-bond acceptors (Lipinski definition) is 4. The molecule has 0 saturated carbocycles. The first-order valence-electron chi connectivity index (χ1n) is 6.74. The maximum Gasteiger partial charge on any atom is 0.243 e. The van der Waals surface area contributed by atoms with Crippen LogP contribution in [0, 0.1) is 34.3 Å². The molecule has 0 fully saturated rings. The predicted molar refractivity (Wildman–Crippen MR) is 73.6 cm³/mol. The van der Waals surface area contributed by atoms with Crippen LogP contribution >= 0.6 is 0 Å². The van der Waals surface area contributed by atoms with Crippen LogP contribution in [0.4, 0.5) is 8.78 Å². The number of nitriles is 1. The van der Waals surface area contributed by atoms with Crippen molar-refractivity contribution >= 4 is 5.90 Å². The van der Waals surface area contributed by atoms with Crippen molar-refractivity contribution in [3.05, 3.63) is 46.7 Å². The Morgan fingerprint density at radius 3 is 2.86 bits per heavy atom. The van der Waals surface area contributed by atoms with E-state index in [4.69, 9.17) is 10.1 Å². The van der Waals surface area contributed by atoms with Gasteiger partial charge in [0.15, 0.2) is 0 Å². The number of aromatic nitrogens is 2. The minimum absolute atomic E-state index is 0.151. The summed E-state index contributed by atoms with van der Waals surface area (Å²) in [6, 6.07) is 5.18. The molecular weight excluding hydrogens is 290 g/mol. The number of halogens is 2. The van der Waals surface area contributed by atoms with Crippen molar-refractivity contribution in [3.8, 4) is 11.9 Å². The summed E-state index contributed by atoms with van der Waals surface area (Å²) in [7, 11) is 0. The second-order valence-electron chi connectivity index (χ2n) is 4.99. The quantitative estimate of drug-likeness (QED) is 0.894. The van der Waals surface area contributed by atoms with E-state index in [1.54, 1.807) is 0 Å². The average molecular weight is 302 g/mol. The van der Waals surface area contributed by atoms with Crippen LogP contribution in [-0.2, 0) is 6.42 Å². The van der Waals surface area contributed by atoms with Crippen molar-refractivity contribution in [3.63, 3.8) is 0 Å². The molecule has 1 aliphatic rings. The summed E-state index contributed by atoms with van der Waals surface area (Å²) in [5, 5.41) is 24.0. The van der Waals surface area contributed by atoms with E-state index >= 15 is 0 Å². The first kappa shape index (κ1) is 14.2. The molecule has 2 atom stereocenters. The SMILES string of the molecule is CCc1[nH]nc2c1C(c1ccc(F)cc1F)C(C#N)C(=N)O2. The zero-order valence-electron chi connectivity index (χ0n) is 11.7. The molecule has 7 heteroatoms. The lowest BCUT2D eigenvalue weighted by molar-refractivity contribution is 0.430. The van der Waals surface area contributed by atoms with Crippen LogP contribution in [0.2, 0.25) is 0 Å². The van der Waals surface area contributed by atoms with E-state index in [-0.39, 0.29) is 17.3 Å².